The van der Waals surface area contributed by atoms with E-state index < -0.39 is 0 Å². The van der Waals surface area contributed by atoms with Crippen LogP contribution in [0, 0.1) is 13.8 Å². The molecule has 1 saturated heterocycles. The number of benzene rings is 2. The number of hydrogen-bond acceptors (Lipinski definition) is 3. The van der Waals surface area contributed by atoms with E-state index in [1.165, 1.54) is 11.1 Å². The zero-order valence-electron chi connectivity index (χ0n) is 16.8. The minimum atomic E-state index is 0.140. The van der Waals surface area contributed by atoms with E-state index in [0.717, 1.165) is 35.7 Å². The standard InChI is InChI=1S/C23H27N3O2/c1-4-25-15-18(14-22(25)27)23-24-20-7-5-6-8-21(20)26(23)9-10-28-19-12-16(2)11-17(3)13-19/h5-8,11-13,18H,4,9-10,14-15H2,1-3H3. The third-order valence-corrected chi connectivity index (χ3v) is 5.42. The normalized spacial score (nSPS) is 16.9. The van der Waals surface area contributed by atoms with Crippen LogP contribution in [0.4, 0.5) is 0 Å². The van der Waals surface area contributed by atoms with Crippen molar-refractivity contribution >= 4 is 16.9 Å². The van der Waals surface area contributed by atoms with Crippen LogP contribution in [0.3, 0.4) is 0 Å². The number of amides is 1. The van der Waals surface area contributed by atoms with Crippen molar-refractivity contribution in [2.45, 2.75) is 39.7 Å². The Morgan fingerprint density at radius 1 is 1.14 bits per heavy atom. The minimum absolute atomic E-state index is 0.140. The Balaban J connectivity index is 1.58. The van der Waals surface area contributed by atoms with Crippen molar-refractivity contribution in [3.63, 3.8) is 0 Å². The molecule has 28 heavy (non-hydrogen) atoms. The topological polar surface area (TPSA) is 47.4 Å². The highest BCUT2D eigenvalue weighted by molar-refractivity contribution is 5.80. The predicted molar refractivity (Wildman–Crippen MR) is 111 cm³/mol. The molecule has 0 aliphatic carbocycles. The van der Waals surface area contributed by atoms with Crippen LogP contribution in [0.15, 0.2) is 42.5 Å². The molecule has 0 radical (unpaired) electrons. The van der Waals surface area contributed by atoms with Gasteiger partial charge in [0.25, 0.3) is 0 Å². The maximum Gasteiger partial charge on any atom is 0.223 e. The van der Waals surface area contributed by atoms with Gasteiger partial charge in [0, 0.05) is 25.4 Å². The monoisotopic (exact) mass is 377 g/mol. The van der Waals surface area contributed by atoms with E-state index in [0.29, 0.717) is 19.6 Å². The number of likely N-dealkylation sites (N-methyl/N-ethyl adjacent to an activating group) is 1. The summed E-state index contributed by atoms with van der Waals surface area (Å²) < 4.78 is 8.28. The molecule has 2 aromatic carbocycles. The molecule has 5 nitrogen and oxygen atoms in total. The predicted octanol–water partition coefficient (Wildman–Crippen LogP) is 4.07. The average Bonchev–Trinajstić information content (AvgIpc) is 3.21. The molecule has 5 heteroatoms. The molecule has 0 spiro atoms. The summed E-state index contributed by atoms with van der Waals surface area (Å²) in [5, 5.41) is 0. The fourth-order valence-corrected chi connectivity index (χ4v) is 4.16. The van der Waals surface area contributed by atoms with Crippen LogP contribution in [0.5, 0.6) is 5.75 Å². The number of para-hydroxylation sites is 2. The lowest BCUT2D eigenvalue weighted by Gasteiger charge is -2.16. The molecule has 0 bridgehead atoms. The number of aryl methyl sites for hydroxylation is 2. The number of ether oxygens (including phenoxy) is 1. The molecule has 1 aliphatic rings. The molecule has 1 amide bonds. The SMILES string of the molecule is CCN1CC(c2nc3ccccc3n2CCOc2cc(C)cc(C)c2)CC1=O. The average molecular weight is 377 g/mol. The van der Waals surface area contributed by atoms with E-state index in [1.54, 1.807) is 0 Å². The first-order valence-corrected chi connectivity index (χ1v) is 9.99. The highest BCUT2D eigenvalue weighted by Gasteiger charge is 2.33. The lowest BCUT2D eigenvalue weighted by Crippen LogP contribution is -2.24. The highest BCUT2D eigenvalue weighted by Crippen LogP contribution is 2.30. The van der Waals surface area contributed by atoms with E-state index in [-0.39, 0.29) is 11.8 Å². The molecule has 0 saturated carbocycles. The molecule has 2 heterocycles. The van der Waals surface area contributed by atoms with Crippen molar-refractivity contribution in [1.82, 2.24) is 14.5 Å². The zero-order chi connectivity index (χ0) is 19.7. The molecule has 1 fully saturated rings. The van der Waals surface area contributed by atoms with Gasteiger partial charge in [0.2, 0.25) is 5.91 Å². The van der Waals surface area contributed by atoms with Gasteiger partial charge >= 0.3 is 0 Å². The second-order valence-electron chi connectivity index (χ2n) is 7.62. The molecule has 1 aromatic heterocycles. The molecule has 0 N–H and O–H groups in total. The Bertz CT molecular complexity index is 988. The molecule has 1 unspecified atom stereocenters. The summed E-state index contributed by atoms with van der Waals surface area (Å²) in [5.74, 6) is 2.25. The summed E-state index contributed by atoms with van der Waals surface area (Å²) in [6.07, 6.45) is 0.537. The van der Waals surface area contributed by atoms with Gasteiger partial charge < -0.3 is 14.2 Å². The van der Waals surface area contributed by atoms with Gasteiger partial charge in [-0.15, -0.1) is 0 Å². The van der Waals surface area contributed by atoms with Crippen LogP contribution in [0.1, 0.15) is 36.2 Å². The van der Waals surface area contributed by atoms with Crippen LogP contribution in [0.2, 0.25) is 0 Å². The van der Waals surface area contributed by atoms with Gasteiger partial charge in [-0.2, -0.15) is 0 Å². The number of carbonyl (C=O) groups is 1. The van der Waals surface area contributed by atoms with Crippen molar-refractivity contribution < 1.29 is 9.53 Å². The van der Waals surface area contributed by atoms with E-state index >= 15 is 0 Å². The number of fused-ring (bicyclic) bond motifs is 1. The van der Waals surface area contributed by atoms with Crippen LogP contribution >= 0.6 is 0 Å². The summed E-state index contributed by atoms with van der Waals surface area (Å²) in [6.45, 7) is 8.97. The smallest absolute Gasteiger partial charge is 0.223 e. The van der Waals surface area contributed by atoms with Gasteiger partial charge in [0.15, 0.2) is 0 Å². The first kappa shape index (κ1) is 18.5. The fraction of sp³-hybridized carbons (Fsp3) is 0.391. The Hall–Kier alpha value is -2.82. The number of carbonyl (C=O) groups excluding carboxylic acids is 1. The van der Waals surface area contributed by atoms with Gasteiger partial charge in [-0.25, -0.2) is 4.98 Å². The third kappa shape index (κ3) is 3.61. The summed E-state index contributed by atoms with van der Waals surface area (Å²) in [5.41, 5.74) is 4.48. The number of rotatable bonds is 6. The van der Waals surface area contributed by atoms with Gasteiger partial charge in [-0.1, -0.05) is 18.2 Å². The van der Waals surface area contributed by atoms with Gasteiger partial charge in [-0.3, -0.25) is 4.79 Å². The summed E-state index contributed by atoms with van der Waals surface area (Å²) >= 11 is 0. The van der Waals surface area contributed by atoms with Crippen molar-refractivity contribution in [3.8, 4) is 5.75 Å². The molecular weight excluding hydrogens is 350 g/mol. The van der Waals surface area contributed by atoms with E-state index in [9.17, 15) is 4.79 Å². The molecular formula is C23H27N3O2. The summed E-state index contributed by atoms with van der Waals surface area (Å²) in [4.78, 5) is 19.0. The van der Waals surface area contributed by atoms with Crippen molar-refractivity contribution in [1.29, 1.82) is 0 Å². The Labute approximate surface area is 165 Å². The van der Waals surface area contributed by atoms with Crippen molar-refractivity contribution in [3.05, 3.63) is 59.4 Å². The molecule has 4 rings (SSSR count). The number of imidazole rings is 1. The van der Waals surface area contributed by atoms with Gasteiger partial charge in [0.1, 0.15) is 18.2 Å². The fourth-order valence-electron chi connectivity index (χ4n) is 4.16. The number of nitrogens with zero attached hydrogens (tertiary/aromatic N) is 3. The Kier molecular flexibility index (Phi) is 5.07. The molecule has 146 valence electrons. The van der Waals surface area contributed by atoms with Gasteiger partial charge in [-0.05, 0) is 56.2 Å². The van der Waals surface area contributed by atoms with E-state index in [2.05, 4.69) is 42.7 Å². The number of aromatic nitrogens is 2. The minimum Gasteiger partial charge on any atom is -0.492 e. The van der Waals surface area contributed by atoms with Crippen LogP contribution in [0.25, 0.3) is 11.0 Å². The maximum atomic E-state index is 12.2. The van der Waals surface area contributed by atoms with Gasteiger partial charge in [0.05, 0.1) is 17.6 Å². The third-order valence-electron chi connectivity index (χ3n) is 5.42. The second kappa shape index (κ2) is 7.66. The maximum absolute atomic E-state index is 12.2. The second-order valence-corrected chi connectivity index (χ2v) is 7.62. The molecule has 1 aliphatic heterocycles. The quantitative estimate of drug-likeness (QED) is 0.651. The van der Waals surface area contributed by atoms with Crippen LogP contribution < -0.4 is 4.74 Å². The van der Waals surface area contributed by atoms with E-state index in [4.69, 9.17) is 9.72 Å². The van der Waals surface area contributed by atoms with Crippen LogP contribution in [-0.4, -0.2) is 40.1 Å². The highest BCUT2D eigenvalue weighted by atomic mass is 16.5. The Morgan fingerprint density at radius 3 is 2.61 bits per heavy atom. The largest absolute Gasteiger partial charge is 0.492 e. The first-order valence-electron chi connectivity index (χ1n) is 9.99. The summed E-state index contributed by atoms with van der Waals surface area (Å²) in [7, 11) is 0. The number of hydrogen-bond donors (Lipinski definition) is 0. The molecule has 1 atom stereocenters. The van der Waals surface area contributed by atoms with Crippen molar-refractivity contribution in [2.75, 3.05) is 19.7 Å². The first-order chi connectivity index (χ1) is 13.5. The lowest BCUT2D eigenvalue weighted by molar-refractivity contribution is -0.127. The molecule has 3 aromatic rings. The summed E-state index contributed by atoms with van der Waals surface area (Å²) in [6, 6.07) is 14.4. The lowest BCUT2D eigenvalue weighted by atomic mass is 10.1. The van der Waals surface area contributed by atoms with Crippen molar-refractivity contribution in [2.24, 2.45) is 0 Å². The zero-order valence-corrected chi connectivity index (χ0v) is 16.8. The van der Waals surface area contributed by atoms with E-state index in [1.807, 2.05) is 30.0 Å². The van der Waals surface area contributed by atoms with Crippen LogP contribution in [-0.2, 0) is 11.3 Å². The number of likely N-dealkylation sites (tertiary alicyclic amines) is 1. The Morgan fingerprint density at radius 2 is 1.89 bits per heavy atom.